The number of hydrogen-bond acceptors (Lipinski definition) is 2. The molecule has 1 heterocycles. The van der Waals surface area contributed by atoms with E-state index in [1.54, 1.807) is 0 Å². The smallest absolute Gasteiger partial charge is 0.109 e. The molecule has 2 aliphatic rings. The predicted octanol–water partition coefficient (Wildman–Crippen LogP) is 4.38. The van der Waals surface area contributed by atoms with Gasteiger partial charge in [-0.05, 0) is 44.1 Å². The van der Waals surface area contributed by atoms with Crippen molar-refractivity contribution < 1.29 is 4.42 Å². The van der Waals surface area contributed by atoms with Gasteiger partial charge in [0.1, 0.15) is 11.5 Å². The first-order valence-corrected chi connectivity index (χ1v) is 7.78. The van der Waals surface area contributed by atoms with Gasteiger partial charge in [-0.2, -0.15) is 0 Å². The summed E-state index contributed by atoms with van der Waals surface area (Å²) in [6.07, 6.45) is 6.51. The molecule has 0 saturated heterocycles. The van der Waals surface area contributed by atoms with E-state index in [2.05, 4.69) is 39.1 Å². The van der Waals surface area contributed by atoms with Gasteiger partial charge in [0.2, 0.25) is 0 Å². The van der Waals surface area contributed by atoms with E-state index in [1.165, 1.54) is 37.0 Å². The van der Waals surface area contributed by atoms with Crippen LogP contribution in [0, 0.1) is 18.3 Å². The fourth-order valence-corrected chi connectivity index (χ4v) is 3.60. The quantitative estimate of drug-likeness (QED) is 0.870. The summed E-state index contributed by atoms with van der Waals surface area (Å²) in [5, 5.41) is 3.86. The largest absolute Gasteiger partial charge is 0.466 e. The molecule has 3 rings (SSSR count). The summed E-state index contributed by atoms with van der Waals surface area (Å²) in [7, 11) is 0. The number of rotatable bonds is 4. The Hall–Kier alpha value is -0.760. The Kier molecular flexibility index (Phi) is 3.24. The molecule has 1 aromatic heterocycles. The maximum atomic E-state index is 5.91. The molecule has 1 fully saturated rings. The van der Waals surface area contributed by atoms with Crippen LogP contribution in [0.4, 0.5) is 0 Å². The van der Waals surface area contributed by atoms with Crippen LogP contribution in [0.2, 0.25) is 0 Å². The maximum Gasteiger partial charge on any atom is 0.109 e. The summed E-state index contributed by atoms with van der Waals surface area (Å²) in [6.45, 7) is 9.12. The molecule has 0 radical (unpaired) electrons. The molecule has 2 heteroatoms. The highest BCUT2D eigenvalue weighted by molar-refractivity contribution is 5.29. The minimum atomic E-state index is 0.342. The lowest BCUT2D eigenvalue weighted by molar-refractivity contribution is 0.223. The first-order valence-electron chi connectivity index (χ1n) is 7.78. The third-order valence-electron chi connectivity index (χ3n) is 4.61. The number of fused-ring (bicyclic) bond motifs is 1. The van der Waals surface area contributed by atoms with Gasteiger partial charge in [0.15, 0.2) is 0 Å². The molecule has 0 spiro atoms. The van der Waals surface area contributed by atoms with Gasteiger partial charge >= 0.3 is 0 Å². The van der Waals surface area contributed by atoms with Gasteiger partial charge in [-0.25, -0.2) is 0 Å². The molecular weight excluding hydrogens is 234 g/mol. The van der Waals surface area contributed by atoms with E-state index >= 15 is 0 Å². The van der Waals surface area contributed by atoms with E-state index in [1.807, 2.05) is 0 Å². The fourth-order valence-electron chi connectivity index (χ4n) is 3.60. The van der Waals surface area contributed by atoms with E-state index in [4.69, 9.17) is 4.42 Å². The number of nitrogens with one attached hydrogen (secondary N) is 1. The zero-order valence-corrected chi connectivity index (χ0v) is 12.8. The molecule has 2 unspecified atom stereocenters. The van der Waals surface area contributed by atoms with Crippen molar-refractivity contribution in [1.82, 2.24) is 5.32 Å². The van der Waals surface area contributed by atoms with E-state index < -0.39 is 0 Å². The lowest BCUT2D eigenvalue weighted by Crippen LogP contribution is -2.37. The molecule has 2 nitrogen and oxygen atoms in total. The second kappa shape index (κ2) is 4.66. The minimum absolute atomic E-state index is 0.342. The molecule has 106 valence electrons. The Bertz CT molecular complexity index is 456. The van der Waals surface area contributed by atoms with Gasteiger partial charge in [-0.1, -0.05) is 26.7 Å². The van der Waals surface area contributed by atoms with Crippen molar-refractivity contribution in [2.24, 2.45) is 11.3 Å². The van der Waals surface area contributed by atoms with Crippen molar-refractivity contribution in [3.8, 4) is 0 Å². The molecule has 0 amide bonds. The van der Waals surface area contributed by atoms with Crippen molar-refractivity contribution in [3.05, 3.63) is 23.2 Å². The molecule has 1 aromatic rings. The van der Waals surface area contributed by atoms with Crippen LogP contribution in [0.1, 0.15) is 69.6 Å². The lowest BCUT2D eigenvalue weighted by Gasteiger charge is -2.36. The number of furan rings is 1. The van der Waals surface area contributed by atoms with Crippen molar-refractivity contribution in [1.29, 1.82) is 0 Å². The van der Waals surface area contributed by atoms with Gasteiger partial charge in [0, 0.05) is 24.1 Å². The molecule has 0 aliphatic heterocycles. The second-order valence-corrected chi connectivity index (χ2v) is 7.58. The molecular formula is C17H27NO. The van der Waals surface area contributed by atoms with Crippen LogP contribution in [0.25, 0.3) is 0 Å². The summed E-state index contributed by atoms with van der Waals surface area (Å²) in [5.74, 6) is 3.26. The van der Waals surface area contributed by atoms with Crippen LogP contribution in [0.3, 0.4) is 0 Å². The molecule has 0 aromatic carbocycles. The number of aryl methyl sites for hydroxylation is 1. The molecule has 2 atom stereocenters. The zero-order chi connectivity index (χ0) is 13.6. The molecule has 19 heavy (non-hydrogen) atoms. The van der Waals surface area contributed by atoms with E-state index in [0.29, 0.717) is 17.5 Å². The Morgan fingerprint density at radius 2 is 2.16 bits per heavy atom. The van der Waals surface area contributed by atoms with E-state index in [9.17, 15) is 0 Å². The summed E-state index contributed by atoms with van der Waals surface area (Å²) in [4.78, 5) is 0. The topological polar surface area (TPSA) is 25.2 Å². The van der Waals surface area contributed by atoms with Crippen LogP contribution in [-0.4, -0.2) is 6.04 Å². The average Bonchev–Trinajstić information content (AvgIpc) is 2.98. The van der Waals surface area contributed by atoms with Crippen LogP contribution in [0.5, 0.6) is 0 Å². The standard InChI is InChI=1S/C17H27NO/c1-11(7-13-5-6-13)18-15-9-17(3,4)10-16-14(15)8-12(2)19-16/h8,11,13,15,18H,5-7,9-10H2,1-4H3. The predicted molar refractivity (Wildman–Crippen MR) is 78.2 cm³/mol. The molecule has 1 saturated carbocycles. The monoisotopic (exact) mass is 261 g/mol. The Labute approximate surface area is 117 Å². The maximum absolute atomic E-state index is 5.91. The first-order chi connectivity index (χ1) is 8.93. The van der Waals surface area contributed by atoms with Crippen LogP contribution in [-0.2, 0) is 6.42 Å². The second-order valence-electron chi connectivity index (χ2n) is 7.58. The average molecular weight is 261 g/mol. The first kappa shape index (κ1) is 13.2. The van der Waals surface area contributed by atoms with Crippen molar-refractivity contribution >= 4 is 0 Å². The van der Waals surface area contributed by atoms with Gasteiger partial charge in [-0.15, -0.1) is 0 Å². The number of hydrogen-bond donors (Lipinski definition) is 1. The van der Waals surface area contributed by atoms with Gasteiger partial charge in [-0.3, -0.25) is 0 Å². The summed E-state index contributed by atoms with van der Waals surface area (Å²) in [6, 6.07) is 3.34. The lowest BCUT2D eigenvalue weighted by atomic mass is 9.74. The van der Waals surface area contributed by atoms with E-state index in [-0.39, 0.29) is 0 Å². The Balaban J connectivity index is 1.75. The summed E-state index contributed by atoms with van der Waals surface area (Å²) < 4.78 is 5.91. The SMILES string of the molecule is Cc1cc2c(o1)CC(C)(C)CC2NC(C)CC1CC1. The molecule has 2 aliphatic carbocycles. The summed E-state index contributed by atoms with van der Waals surface area (Å²) >= 11 is 0. The zero-order valence-electron chi connectivity index (χ0n) is 12.8. The van der Waals surface area contributed by atoms with Crippen molar-refractivity contribution in [2.75, 3.05) is 0 Å². The highest BCUT2D eigenvalue weighted by Crippen LogP contribution is 2.42. The minimum Gasteiger partial charge on any atom is -0.466 e. The Morgan fingerprint density at radius 1 is 1.42 bits per heavy atom. The third kappa shape index (κ3) is 3.05. The van der Waals surface area contributed by atoms with Crippen LogP contribution >= 0.6 is 0 Å². The van der Waals surface area contributed by atoms with Crippen LogP contribution < -0.4 is 5.32 Å². The van der Waals surface area contributed by atoms with Crippen LogP contribution in [0.15, 0.2) is 10.5 Å². The Morgan fingerprint density at radius 3 is 2.84 bits per heavy atom. The normalized spacial score (nSPS) is 27.1. The molecule has 1 N–H and O–H groups in total. The van der Waals surface area contributed by atoms with Crippen molar-refractivity contribution in [3.63, 3.8) is 0 Å². The van der Waals surface area contributed by atoms with E-state index in [0.717, 1.165) is 18.1 Å². The van der Waals surface area contributed by atoms with Gasteiger partial charge < -0.3 is 9.73 Å². The van der Waals surface area contributed by atoms with Gasteiger partial charge in [0.25, 0.3) is 0 Å². The highest BCUT2D eigenvalue weighted by Gasteiger charge is 2.35. The highest BCUT2D eigenvalue weighted by atomic mass is 16.3. The van der Waals surface area contributed by atoms with Crippen molar-refractivity contribution in [2.45, 2.75) is 71.9 Å². The molecule has 0 bridgehead atoms. The third-order valence-corrected chi connectivity index (χ3v) is 4.61. The van der Waals surface area contributed by atoms with Gasteiger partial charge in [0.05, 0.1) is 0 Å². The fraction of sp³-hybridized carbons (Fsp3) is 0.765. The summed E-state index contributed by atoms with van der Waals surface area (Å²) in [5.41, 5.74) is 1.76.